The number of pyridine rings is 1. The van der Waals surface area contributed by atoms with E-state index in [0.717, 1.165) is 22.5 Å². The fourth-order valence-corrected chi connectivity index (χ4v) is 5.25. The molecule has 1 atom stereocenters. The molecule has 12 heteroatoms. The predicted octanol–water partition coefficient (Wildman–Crippen LogP) is 7.83. The predicted molar refractivity (Wildman–Crippen MR) is 156 cm³/mol. The first-order chi connectivity index (χ1) is 18.4. The Morgan fingerprint density at radius 3 is 2.51 bits per heavy atom. The van der Waals surface area contributed by atoms with Gasteiger partial charge in [0.15, 0.2) is 5.82 Å². The van der Waals surface area contributed by atoms with Crippen LogP contribution in [0.3, 0.4) is 0 Å². The van der Waals surface area contributed by atoms with Crippen molar-refractivity contribution >= 4 is 62.3 Å². The summed E-state index contributed by atoms with van der Waals surface area (Å²) in [5.41, 5.74) is 2.22. The minimum atomic E-state index is -0.799. The van der Waals surface area contributed by atoms with Crippen molar-refractivity contribution in [1.82, 2.24) is 20.1 Å². The molecule has 2 aromatic carbocycles. The first-order valence-electron chi connectivity index (χ1n) is 11.9. The zero-order chi connectivity index (χ0) is 28.5. The molecule has 1 unspecified atom stereocenters. The summed E-state index contributed by atoms with van der Waals surface area (Å²) in [6.45, 7) is 5.25. The molecule has 7 nitrogen and oxygen atoms in total. The van der Waals surface area contributed by atoms with Crippen LogP contribution in [-0.4, -0.2) is 32.7 Å². The van der Waals surface area contributed by atoms with E-state index in [-0.39, 0.29) is 6.42 Å². The van der Waals surface area contributed by atoms with Gasteiger partial charge >= 0.3 is 6.09 Å². The number of aromatic nitrogens is 3. The molecule has 1 amide bonds. The number of nitrogens with one attached hydrogen (secondary N) is 2. The van der Waals surface area contributed by atoms with Crippen LogP contribution in [0.2, 0.25) is 5.02 Å². The normalized spacial score (nSPS) is 12.4. The summed E-state index contributed by atoms with van der Waals surface area (Å²) >= 11 is 11.5. The molecule has 206 valence electrons. The number of hydrogen-bond donors (Lipinski definition) is 2. The number of ether oxygens (including phenoxy) is 1. The van der Waals surface area contributed by atoms with Gasteiger partial charge in [-0.2, -0.15) is 5.10 Å². The molecular formula is C27H27BrClF2N5O2S. The molecule has 4 aromatic rings. The van der Waals surface area contributed by atoms with E-state index >= 15 is 0 Å². The number of alkyl carbamates (subject to hydrolysis) is 1. The second-order valence-electron chi connectivity index (χ2n) is 9.86. The van der Waals surface area contributed by atoms with Gasteiger partial charge < -0.3 is 14.8 Å². The Morgan fingerprint density at radius 1 is 1.18 bits per heavy atom. The van der Waals surface area contributed by atoms with Gasteiger partial charge in [0.25, 0.3) is 0 Å². The molecule has 0 aliphatic heterocycles. The Balaban J connectivity index is 1.90. The van der Waals surface area contributed by atoms with Crippen LogP contribution in [0, 0.1) is 11.6 Å². The Bertz CT molecular complexity index is 1520. The van der Waals surface area contributed by atoms with Crippen LogP contribution in [0.25, 0.3) is 22.0 Å². The summed E-state index contributed by atoms with van der Waals surface area (Å²) in [5.74, 6) is -0.823. The molecule has 39 heavy (non-hydrogen) atoms. The quantitative estimate of drug-likeness (QED) is 0.201. The fraction of sp³-hybridized carbons (Fsp3) is 0.296. The Kier molecular flexibility index (Phi) is 8.72. The maximum absolute atomic E-state index is 14.1. The smallest absolute Gasteiger partial charge is 0.408 e. The van der Waals surface area contributed by atoms with Gasteiger partial charge in [-0.1, -0.05) is 29.6 Å². The fourth-order valence-electron chi connectivity index (χ4n) is 4.34. The standard InChI is InChI=1S/C27H27BrClF2N5O2S/c1-27(2,3)38-26(37)33-21(10-14-8-16(30)12-17(31)9-14)23-19(11-15(28)13-32-23)18-6-7-20(29)22-24(18)36(4)34-25(22)35-39-5/h6-9,11-13,21H,10H2,1-5H3,(H,33,37)(H,34,35). The van der Waals surface area contributed by atoms with Crippen LogP contribution in [0.5, 0.6) is 0 Å². The number of rotatable bonds is 7. The molecule has 0 bridgehead atoms. The number of aryl methyl sites for hydroxylation is 1. The SMILES string of the molecule is CSNc1nn(C)c2c(-c3cc(Br)cnc3C(Cc3cc(F)cc(F)c3)NC(=O)OC(C)(C)C)ccc(Cl)c12. The van der Waals surface area contributed by atoms with Crippen LogP contribution in [0.1, 0.15) is 38.1 Å². The van der Waals surface area contributed by atoms with Crippen molar-refractivity contribution in [3.63, 3.8) is 0 Å². The van der Waals surface area contributed by atoms with Gasteiger partial charge in [-0.25, -0.2) is 13.6 Å². The largest absolute Gasteiger partial charge is 0.444 e. The number of nitrogens with zero attached hydrogens (tertiary/aromatic N) is 3. The second kappa shape index (κ2) is 11.7. The van der Waals surface area contributed by atoms with Crippen LogP contribution in [0.15, 0.2) is 47.1 Å². The zero-order valence-corrected chi connectivity index (χ0v) is 25.1. The minimum absolute atomic E-state index is 0.0525. The van der Waals surface area contributed by atoms with Crippen molar-refractivity contribution < 1.29 is 18.3 Å². The number of amides is 1. The summed E-state index contributed by atoms with van der Waals surface area (Å²) in [5, 5.41) is 8.69. The van der Waals surface area contributed by atoms with E-state index in [9.17, 15) is 13.6 Å². The number of anilines is 1. The van der Waals surface area contributed by atoms with E-state index in [2.05, 4.69) is 36.1 Å². The van der Waals surface area contributed by atoms with Gasteiger partial charge in [0, 0.05) is 41.2 Å². The van der Waals surface area contributed by atoms with Crippen molar-refractivity contribution in [3.8, 4) is 11.1 Å². The van der Waals surface area contributed by atoms with Crippen LogP contribution >= 0.6 is 39.5 Å². The Hall–Kier alpha value is -2.89. The van der Waals surface area contributed by atoms with E-state index in [4.69, 9.17) is 16.3 Å². The average molecular weight is 639 g/mol. The average Bonchev–Trinajstić information content (AvgIpc) is 3.14. The van der Waals surface area contributed by atoms with Gasteiger partial charge in [0.2, 0.25) is 0 Å². The number of halogens is 4. The lowest BCUT2D eigenvalue weighted by Crippen LogP contribution is -2.36. The molecule has 0 saturated heterocycles. The van der Waals surface area contributed by atoms with Gasteiger partial charge in [0.05, 0.1) is 27.7 Å². The lowest BCUT2D eigenvalue weighted by atomic mass is 9.94. The van der Waals surface area contributed by atoms with Crippen LogP contribution in [0.4, 0.5) is 19.4 Å². The van der Waals surface area contributed by atoms with Crippen molar-refractivity contribution in [2.75, 3.05) is 11.0 Å². The van der Waals surface area contributed by atoms with Gasteiger partial charge in [-0.15, -0.1) is 0 Å². The lowest BCUT2D eigenvalue weighted by molar-refractivity contribution is 0.0502. The van der Waals surface area contributed by atoms with Crippen molar-refractivity contribution in [1.29, 1.82) is 0 Å². The van der Waals surface area contributed by atoms with E-state index in [0.29, 0.717) is 32.1 Å². The summed E-state index contributed by atoms with van der Waals surface area (Å²) in [4.78, 5) is 17.6. The van der Waals surface area contributed by atoms with Crippen molar-refractivity contribution in [2.24, 2.45) is 7.05 Å². The van der Waals surface area contributed by atoms with Crippen LogP contribution in [-0.2, 0) is 18.2 Å². The number of carbonyl (C=O) groups is 1. The molecule has 0 radical (unpaired) electrons. The molecule has 0 spiro atoms. The molecule has 0 saturated carbocycles. The van der Waals surface area contributed by atoms with Crippen molar-refractivity contribution in [2.45, 2.75) is 38.8 Å². The summed E-state index contributed by atoms with van der Waals surface area (Å²) in [6, 6.07) is 7.96. The monoisotopic (exact) mass is 637 g/mol. The highest BCUT2D eigenvalue weighted by Crippen LogP contribution is 2.40. The third kappa shape index (κ3) is 6.82. The van der Waals surface area contributed by atoms with E-state index in [1.165, 1.54) is 24.1 Å². The molecule has 2 N–H and O–H groups in total. The van der Waals surface area contributed by atoms with Gasteiger partial charge in [0.1, 0.15) is 17.2 Å². The number of benzene rings is 2. The Morgan fingerprint density at radius 2 is 1.87 bits per heavy atom. The Labute approximate surface area is 242 Å². The molecule has 2 aromatic heterocycles. The highest BCUT2D eigenvalue weighted by atomic mass is 79.9. The van der Waals surface area contributed by atoms with E-state index < -0.39 is 29.4 Å². The molecule has 0 aliphatic carbocycles. The van der Waals surface area contributed by atoms with Crippen LogP contribution < -0.4 is 10.0 Å². The van der Waals surface area contributed by atoms with Crippen molar-refractivity contribution in [3.05, 3.63) is 75.0 Å². The topological polar surface area (TPSA) is 81.1 Å². The zero-order valence-electron chi connectivity index (χ0n) is 21.9. The molecule has 2 heterocycles. The second-order valence-corrected chi connectivity index (χ2v) is 11.8. The molecule has 4 rings (SSSR count). The first-order valence-corrected chi connectivity index (χ1v) is 14.3. The minimum Gasteiger partial charge on any atom is -0.444 e. The molecular weight excluding hydrogens is 612 g/mol. The third-order valence-corrected chi connectivity index (χ3v) is 6.84. The summed E-state index contributed by atoms with van der Waals surface area (Å²) in [6.07, 6.45) is 2.85. The highest BCUT2D eigenvalue weighted by molar-refractivity contribution is 9.10. The number of hydrogen-bond acceptors (Lipinski definition) is 6. The summed E-state index contributed by atoms with van der Waals surface area (Å²) < 4.78 is 39.2. The first kappa shape index (κ1) is 29.1. The number of carbonyl (C=O) groups excluding carboxylic acids is 1. The maximum Gasteiger partial charge on any atom is 0.408 e. The molecule has 0 aliphatic rings. The van der Waals surface area contributed by atoms with E-state index in [1.54, 1.807) is 37.7 Å². The van der Waals surface area contributed by atoms with Gasteiger partial charge in [-0.05, 0) is 73.0 Å². The third-order valence-electron chi connectivity index (χ3n) is 5.69. The number of fused-ring (bicyclic) bond motifs is 1. The lowest BCUT2D eigenvalue weighted by Gasteiger charge is -2.25. The molecule has 0 fully saturated rings. The van der Waals surface area contributed by atoms with Gasteiger partial charge in [-0.3, -0.25) is 9.67 Å². The summed E-state index contributed by atoms with van der Waals surface area (Å²) in [7, 11) is 1.81. The van der Waals surface area contributed by atoms with E-state index in [1.807, 2.05) is 25.4 Å². The highest BCUT2D eigenvalue weighted by Gasteiger charge is 2.27. The maximum atomic E-state index is 14.1.